The monoisotopic (exact) mass is 372 g/mol. The fourth-order valence-electron chi connectivity index (χ4n) is 2.72. The van der Waals surface area contributed by atoms with Gasteiger partial charge in [-0.3, -0.25) is 9.20 Å². The van der Waals surface area contributed by atoms with E-state index in [-0.39, 0.29) is 5.56 Å². The van der Waals surface area contributed by atoms with Gasteiger partial charge in [0.1, 0.15) is 24.4 Å². The van der Waals surface area contributed by atoms with Crippen molar-refractivity contribution in [2.75, 3.05) is 7.05 Å². The molecule has 0 spiro atoms. The average molecular weight is 373 g/mol. The molecule has 0 radical (unpaired) electrons. The van der Waals surface area contributed by atoms with Gasteiger partial charge in [0, 0.05) is 22.3 Å². The molecule has 1 aromatic carbocycles. The summed E-state index contributed by atoms with van der Waals surface area (Å²) in [5, 5.41) is 0. The van der Waals surface area contributed by atoms with E-state index in [1.807, 2.05) is 12.1 Å². The second-order valence-electron chi connectivity index (χ2n) is 5.90. The molecule has 1 atom stereocenters. The maximum Gasteiger partial charge on any atom is 0.258 e. The van der Waals surface area contributed by atoms with Crippen LogP contribution >= 0.6 is 15.9 Å². The molecule has 0 aliphatic heterocycles. The van der Waals surface area contributed by atoms with E-state index >= 15 is 0 Å². The Bertz CT molecular complexity index is 904. The molecule has 2 aromatic heterocycles. The van der Waals surface area contributed by atoms with Crippen LogP contribution in [0.3, 0.4) is 0 Å². The van der Waals surface area contributed by atoms with Crippen LogP contribution < -0.4 is 10.5 Å². The van der Waals surface area contributed by atoms with Crippen LogP contribution in [0.4, 0.5) is 0 Å². The van der Waals surface area contributed by atoms with Gasteiger partial charge in [0.05, 0.1) is 7.05 Å². The Hall–Kier alpha value is -1.98. The van der Waals surface area contributed by atoms with Crippen LogP contribution in [0.2, 0.25) is 0 Å². The molecule has 0 aliphatic rings. The molecular formula is C18H19BrN3O+. The first-order chi connectivity index (χ1) is 11.0. The van der Waals surface area contributed by atoms with Gasteiger partial charge in [-0.05, 0) is 40.5 Å². The maximum atomic E-state index is 12.2. The van der Waals surface area contributed by atoms with E-state index in [4.69, 9.17) is 0 Å². The molecule has 23 heavy (non-hydrogen) atoms. The molecule has 1 N–H and O–H groups in total. The number of pyridine rings is 1. The minimum absolute atomic E-state index is 0.0463. The van der Waals surface area contributed by atoms with E-state index in [0.717, 1.165) is 23.3 Å². The van der Waals surface area contributed by atoms with E-state index in [1.54, 1.807) is 16.7 Å². The lowest BCUT2D eigenvalue weighted by Gasteiger charge is -2.15. The van der Waals surface area contributed by atoms with Crippen LogP contribution in [-0.2, 0) is 13.1 Å². The molecule has 118 valence electrons. The van der Waals surface area contributed by atoms with Crippen molar-refractivity contribution >= 4 is 21.6 Å². The van der Waals surface area contributed by atoms with E-state index in [1.165, 1.54) is 16.0 Å². The lowest BCUT2D eigenvalue weighted by Crippen LogP contribution is -3.06. The number of nitrogens with one attached hydrogen (secondary N) is 1. The number of hydrogen-bond acceptors (Lipinski definition) is 2. The van der Waals surface area contributed by atoms with Crippen molar-refractivity contribution in [1.29, 1.82) is 0 Å². The highest BCUT2D eigenvalue weighted by atomic mass is 79.9. The van der Waals surface area contributed by atoms with Crippen molar-refractivity contribution in [3.05, 3.63) is 80.3 Å². The number of halogens is 1. The lowest BCUT2D eigenvalue weighted by atomic mass is 10.1. The van der Waals surface area contributed by atoms with Crippen LogP contribution in [-0.4, -0.2) is 16.4 Å². The average Bonchev–Trinajstić information content (AvgIpc) is 2.50. The summed E-state index contributed by atoms with van der Waals surface area (Å²) >= 11 is 3.38. The number of benzene rings is 1. The lowest BCUT2D eigenvalue weighted by molar-refractivity contribution is -0.908. The third-order valence-corrected chi connectivity index (χ3v) is 4.38. The summed E-state index contributed by atoms with van der Waals surface area (Å²) < 4.78 is 2.42. The largest absolute Gasteiger partial charge is 0.329 e. The van der Waals surface area contributed by atoms with Crippen LogP contribution in [0.1, 0.15) is 16.8 Å². The van der Waals surface area contributed by atoms with Crippen molar-refractivity contribution in [3.8, 4) is 0 Å². The highest BCUT2D eigenvalue weighted by Gasteiger charge is 2.10. The Morgan fingerprint density at radius 3 is 2.74 bits per heavy atom. The SMILES string of the molecule is Cc1ccccc1C[NH+](C)Cc1cc(=O)n2cc(Br)ccc2n1. The van der Waals surface area contributed by atoms with Crippen molar-refractivity contribution in [1.82, 2.24) is 9.38 Å². The summed E-state index contributed by atoms with van der Waals surface area (Å²) in [5.41, 5.74) is 4.08. The minimum atomic E-state index is -0.0463. The van der Waals surface area contributed by atoms with Gasteiger partial charge in [-0.1, -0.05) is 24.3 Å². The fraction of sp³-hybridized carbons (Fsp3) is 0.222. The van der Waals surface area contributed by atoms with Gasteiger partial charge < -0.3 is 4.90 Å². The van der Waals surface area contributed by atoms with Gasteiger partial charge in [0.25, 0.3) is 5.56 Å². The van der Waals surface area contributed by atoms with Crippen molar-refractivity contribution in [2.45, 2.75) is 20.0 Å². The summed E-state index contributed by atoms with van der Waals surface area (Å²) in [7, 11) is 2.12. The van der Waals surface area contributed by atoms with E-state index in [0.29, 0.717) is 5.65 Å². The minimum Gasteiger partial charge on any atom is -0.329 e. The van der Waals surface area contributed by atoms with E-state index in [2.05, 4.69) is 59.2 Å². The first-order valence-corrected chi connectivity index (χ1v) is 8.36. The van der Waals surface area contributed by atoms with Crippen LogP contribution in [0.5, 0.6) is 0 Å². The van der Waals surface area contributed by atoms with Gasteiger partial charge in [-0.25, -0.2) is 4.98 Å². The van der Waals surface area contributed by atoms with Gasteiger partial charge in [0.15, 0.2) is 0 Å². The number of rotatable bonds is 4. The summed E-state index contributed by atoms with van der Waals surface area (Å²) in [4.78, 5) is 18.1. The second kappa shape index (κ2) is 6.64. The number of fused-ring (bicyclic) bond motifs is 1. The fourth-order valence-corrected chi connectivity index (χ4v) is 3.06. The van der Waals surface area contributed by atoms with Crippen molar-refractivity contribution in [2.24, 2.45) is 0 Å². The Balaban J connectivity index is 1.82. The third-order valence-electron chi connectivity index (χ3n) is 3.91. The molecule has 3 rings (SSSR count). The molecule has 4 nitrogen and oxygen atoms in total. The van der Waals surface area contributed by atoms with E-state index in [9.17, 15) is 4.79 Å². The predicted molar refractivity (Wildman–Crippen MR) is 94.6 cm³/mol. The quantitative estimate of drug-likeness (QED) is 0.760. The number of aryl methyl sites for hydroxylation is 1. The van der Waals surface area contributed by atoms with Gasteiger partial charge >= 0.3 is 0 Å². The Morgan fingerprint density at radius 2 is 1.96 bits per heavy atom. The van der Waals surface area contributed by atoms with E-state index < -0.39 is 0 Å². The molecular weight excluding hydrogens is 354 g/mol. The molecule has 0 bridgehead atoms. The zero-order valence-electron chi connectivity index (χ0n) is 13.2. The summed E-state index contributed by atoms with van der Waals surface area (Å²) in [6.07, 6.45) is 1.75. The second-order valence-corrected chi connectivity index (χ2v) is 6.81. The zero-order chi connectivity index (χ0) is 16.4. The molecule has 0 amide bonds. The topological polar surface area (TPSA) is 38.8 Å². The summed E-state index contributed by atoms with van der Waals surface area (Å²) in [6.45, 7) is 3.76. The number of aromatic nitrogens is 2. The molecule has 0 fully saturated rings. The third kappa shape index (κ3) is 3.68. The number of nitrogens with zero attached hydrogens (tertiary/aromatic N) is 2. The molecule has 5 heteroatoms. The molecule has 0 saturated carbocycles. The van der Waals surface area contributed by atoms with Crippen LogP contribution in [0, 0.1) is 6.92 Å². The predicted octanol–water partition coefficient (Wildman–Crippen LogP) is 1.98. The Labute approximate surface area is 143 Å². The number of hydrogen-bond donors (Lipinski definition) is 1. The molecule has 0 saturated heterocycles. The Kier molecular flexibility index (Phi) is 4.59. The highest BCUT2D eigenvalue weighted by molar-refractivity contribution is 9.10. The standard InChI is InChI=1S/C18H18BrN3O/c1-13-5-3-4-6-14(13)10-21(2)12-16-9-18(23)22-11-15(19)7-8-17(22)20-16/h3-9,11H,10,12H2,1-2H3/p+1. The van der Waals surface area contributed by atoms with Gasteiger partial charge in [0.2, 0.25) is 0 Å². The van der Waals surface area contributed by atoms with Crippen molar-refractivity contribution in [3.63, 3.8) is 0 Å². The van der Waals surface area contributed by atoms with Gasteiger partial charge in [-0.15, -0.1) is 0 Å². The Morgan fingerprint density at radius 1 is 1.17 bits per heavy atom. The van der Waals surface area contributed by atoms with Gasteiger partial charge in [-0.2, -0.15) is 0 Å². The molecule has 2 heterocycles. The molecule has 0 aliphatic carbocycles. The first-order valence-electron chi connectivity index (χ1n) is 7.56. The summed E-state index contributed by atoms with van der Waals surface area (Å²) in [6, 6.07) is 13.8. The highest BCUT2D eigenvalue weighted by Crippen LogP contribution is 2.09. The zero-order valence-corrected chi connectivity index (χ0v) is 14.8. The van der Waals surface area contributed by atoms with Crippen LogP contribution in [0.25, 0.3) is 5.65 Å². The van der Waals surface area contributed by atoms with Crippen LogP contribution in [0.15, 0.2) is 57.9 Å². The number of quaternary nitrogens is 1. The first kappa shape index (κ1) is 15.9. The normalized spacial score (nSPS) is 12.5. The maximum absolute atomic E-state index is 12.2. The smallest absolute Gasteiger partial charge is 0.258 e. The molecule has 3 aromatic rings. The summed E-state index contributed by atoms with van der Waals surface area (Å²) in [5.74, 6) is 0. The molecule has 1 unspecified atom stereocenters. The van der Waals surface area contributed by atoms with Crippen molar-refractivity contribution < 1.29 is 4.90 Å².